The number of alkyl carbamates (subject to hydrolysis) is 1. The van der Waals surface area contributed by atoms with Crippen LogP contribution in [-0.4, -0.2) is 31.2 Å². The van der Waals surface area contributed by atoms with Gasteiger partial charge in [-0.25, -0.2) is 4.79 Å². The maximum atomic E-state index is 12.5. The third kappa shape index (κ3) is 8.39. The summed E-state index contributed by atoms with van der Waals surface area (Å²) in [6.07, 6.45) is 2.42. The number of rotatable bonds is 12. The van der Waals surface area contributed by atoms with E-state index in [1.807, 2.05) is 56.3 Å². The first-order valence-corrected chi connectivity index (χ1v) is 9.95. The highest BCUT2D eigenvalue weighted by Crippen LogP contribution is 2.09. The highest BCUT2D eigenvalue weighted by molar-refractivity contribution is 5.85. The number of carbonyl (C=O) groups is 2. The molecule has 7 heteroatoms. The van der Waals surface area contributed by atoms with Gasteiger partial charge in [0.15, 0.2) is 0 Å². The Hall–Kier alpha value is -2.80. The van der Waals surface area contributed by atoms with Crippen LogP contribution in [0.15, 0.2) is 53.1 Å². The second-order valence-corrected chi connectivity index (χ2v) is 6.85. The summed E-state index contributed by atoms with van der Waals surface area (Å²) in [6, 6.07) is 12.4. The minimum atomic E-state index is -0.646. The summed E-state index contributed by atoms with van der Waals surface area (Å²) in [6.45, 7) is 5.44. The van der Waals surface area contributed by atoms with E-state index in [1.165, 1.54) is 0 Å². The highest BCUT2D eigenvalue weighted by atomic mass is 16.5. The Bertz CT molecular complexity index is 718. The molecule has 7 nitrogen and oxygen atoms in total. The minimum Gasteiger partial charge on any atom is -0.467 e. The molecule has 2 amide bonds. The lowest BCUT2D eigenvalue weighted by atomic mass is 9.98. The first-order valence-electron chi connectivity index (χ1n) is 9.95. The molecule has 0 bridgehead atoms. The quantitative estimate of drug-likeness (QED) is 0.529. The molecule has 0 aliphatic rings. The van der Waals surface area contributed by atoms with Crippen molar-refractivity contribution in [2.24, 2.45) is 5.92 Å². The van der Waals surface area contributed by atoms with Crippen LogP contribution in [0.25, 0.3) is 0 Å². The second kappa shape index (κ2) is 12.6. The molecule has 0 fully saturated rings. The summed E-state index contributed by atoms with van der Waals surface area (Å²) >= 11 is 0. The van der Waals surface area contributed by atoms with Crippen molar-refractivity contribution in [1.82, 2.24) is 10.6 Å². The molecule has 2 atom stereocenters. The number of nitrogens with one attached hydrogen (secondary N) is 2. The zero-order valence-corrected chi connectivity index (χ0v) is 17.1. The van der Waals surface area contributed by atoms with Crippen molar-refractivity contribution in [1.29, 1.82) is 0 Å². The molecular formula is C22H30N2O5. The number of hydrogen-bond donors (Lipinski definition) is 2. The number of benzene rings is 1. The van der Waals surface area contributed by atoms with Crippen molar-refractivity contribution in [2.75, 3.05) is 13.2 Å². The lowest BCUT2D eigenvalue weighted by Crippen LogP contribution is -2.50. The average Bonchev–Trinajstić information content (AvgIpc) is 3.26. The minimum absolute atomic E-state index is 0.0190. The smallest absolute Gasteiger partial charge is 0.408 e. The summed E-state index contributed by atoms with van der Waals surface area (Å²) in [5.41, 5.74) is 0.890. The molecule has 0 radical (unpaired) electrons. The van der Waals surface area contributed by atoms with E-state index in [4.69, 9.17) is 13.9 Å². The third-order valence-electron chi connectivity index (χ3n) is 4.57. The van der Waals surface area contributed by atoms with Crippen LogP contribution < -0.4 is 10.6 Å². The molecule has 0 saturated carbocycles. The summed E-state index contributed by atoms with van der Waals surface area (Å²) < 4.78 is 15.9. The van der Waals surface area contributed by atoms with Gasteiger partial charge in [0, 0.05) is 13.2 Å². The number of ether oxygens (including phenoxy) is 2. The summed E-state index contributed by atoms with van der Waals surface area (Å²) in [5, 5.41) is 5.55. The fourth-order valence-corrected chi connectivity index (χ4v) is 2.66. The van der Waals surface area contributed by atoms with E-state index in [2.05, 4.69) is 10.6 Å². The molecule has 29 heavy (non-hydrogen) atoms. The van der Waals surface area contributed by atoms with Gasteiger partial charge in [-0.05, 0) is 30.0 Å². The van der Waals surface area contributed by atoms with Crippen molar-refractivity contribution in [3.05, 3.63) is 60.1 Å². The van der Waals surface area contributed by atoms with Crippen LogP contribution in [0.4, 0.5) is 4.79 Å². The van der Waals surface area contributed by atoms with E-state index in [0.717, 1.165) is 17.7 Å². The van der Waals surface area contributed by atoms with Crippen molar-refractivity contribution in [3.8, 4) is 0 Å². The SMILES string of the molecule is CC[C@H](C)[C@H](NC(=O)OCc1ccccc1)C(=O)NCCCOCc1ccco1. The predicted molar refractivity (Wildman–Crippen MR) is 109 cm³/mol. The Morgan fingerprint density at radius 3 is 2.59 bits per heavy atom. The van der Waals surface area contributed by atoms with Crippen LogP contribution >= 0.6 is 0 Å². The largest absolute Gasteiger partial charge is 0.467 e. The van der Waals surface area contributed by atoms with E-state index in [9.17, 15) is 9.59 Å². The van der Waals surface area contributed by atoms with E-state index < -0.39 is 12.1 Å². The molecule has 0 aliphatic carbocycles. The molecular weight excluding hydrogens is 372 g/mol. The molecule has 1 aromatic carbocycles. The van der Waals surface area contributed by atoms with E-state index in [1.54, 1.807) is 6.26 Å². The molecule has 0 aliphatic heterocycles. The first kappa shape index (κ1) is 22.5. The monoisotopic (exact) mass is 402 g/mol. The van der Waals surface area contributed by atoms with Gasteiger partial charge < -0.3 is 24.5 Å². The number of carbonyl (C=O) groups excluding carboxylic acids is 2. The van der Waals surface area contributed by atoms with Crippen LogP contribution in [0.2, 0.25) is 0 Å². The van der Waals surface area contributed by atoms with Crippen LogP contribution in [0, 0.1) is 5.92 Å². The van der Waals surface area contributed by atoms with E-state index in [0.29, 0.717) is 26.2 Å². The van der Waals surface area contributed by atoms with E-state index in [-0.39, 0.29) is 18.4 Å². The van der Waals surface area contributed by atoms with Gasteiger partial charge in [-0.2, -0.15) is 0 Å². The highest BCUT2D eigenvalue weighted by Gasteiger charge is 2.26. The van der Waals surface area contributed by atoms with Crippen molar-refractivity contribution < 1.29 is 23.5 Å². The molecule has 2 N–H and O–H groups in total. The lowest BCUT2D eigenvalue weighted by Gasteiger charge is -2.23. The van der Waals surface area contributed by atoms with Crippen molar-refractivity contribution in [2.45, 2.75) is 45.9 Å². The standard InChI is InChI=1S/C22H30N2O5/c1-3-17(2)20(24-22(26)29-15-18-9-5-4-6-10-18)21(25)23-12-8-13-27-16-19-11-7-14-28-19/h4-7,9-11,14,17,20H,3,8,12-13,15-16H2,1-2H3,(H,23,25)(H,24,26)/t17-,20-/m0/s1. The Morgan fingerprint density at radius 2 is 1.90 bits per heavy atom. The van der Waals surface area contributed by atoms with Crippen LogP contribution in [0.5, 0.6) is 0 Å². The molecule has 1 heterocycles. The third-order valence-corrected chi connectivity index (χ3v) is 4.57. The Morgan fingerprint density at radius 1 is 1.10 bits per heavy atom. The van der Waals surface area contributed by atoms with Crippen molar-refractivity contribution in [3.63, 3.8) is 0 Å². The number of amides is 2. The lowest BCUT2D eigenvalue weighted by molar-refractivity contribution is -0.124. The topological polar surface area (TPSA) is 89.8 Å². The van der Waals surface area contributed by atoms with Gasteiger partial charge in [0.05, 0.1) is 6.26 Å². The average molecular weight is 402 g/mol. The van der Waals surface area contributed by atoms with Crippen molar-refractivity contribution >= 4 is 12.0 Å². The number of hydrogen-bond acceptors (Lipinski definition) is 5. The van der Waals surface area contributed by atoms with E-state index >= 15 is 0 Å². The predicted octanol–water partition coefficient (Wildman–Crippen LogP) is 3.64. The zero-order chi connectivity index (χ0) is 20.9. The Labute approximate surface area is 171 Å². The molecule has 0 unspecified atom stereocenters. The molecule has 2 rings (SSSR count). The van der Waals surface area contributed by atoms with Gasteiger partial charge in [-0.3, -0.25) is 4.79 Å². The maximum absolute atomic E-state index is 12.5. The summed E-state index contributed by atoms with van der Waals surface area (Å²) in [7, 11) is 0. The van der Waals surface area contributed by atoms with Crippen LogP contribution in [0.3, 0.4) is 0 Å². The fraction of sp³-hybridized carbons (Fsp3) is 0.455. The van der Waals surface area contributed by atoms with Crippen LogP contribution in [0.1, 0.15) is 38.0 Å². The van der Waals surface area contributed by atoms with Crippen LogP contribution in [-0.2, 0) is 27.5 Å². The second-order valence-electron chi connectivity index (χ2n) is 6.85. The summed E-state index contributed by atoms with van der Waals surface area (Å²) in [5.74, 6) is 0.528. The maximum Gasteiger partial charge on any atom is 0.408 e. The summed E-state index contributed by atoms with van der Waals surface area (Å²) in [4.78, 5) is 24.7. The molecule has 2 aromatic rings. The molecule has 0 saturated heterocycles. The molecule has 1 aromatic heterocycles. The van der Waals surface area contributed by atoms with Gasteiger partial charge in [0.25, 0.3) is 0 Å². The zero-order valence-electron chi connectivity index (χ0n) is 17.1. The van der Waals surface area contributed by atoms with Gasteiger partial charge in [-0.15, -0.1) is 0 Å². The fourth-order valence-electron chi connectivity index (χ4n) is 2.66. The van der Waals surface area contributed by atoms with Gasteiger partial charge >= 0.3 is 6.09 Å². The van der Waals surface area contributed by atoms with Gasteiger partial charge in [0.1, 0.15) is 25.0 Å². The van der Waals surface area contributed by atoms with Gasteiger partial charge in [-0.1, -0.05) is 50.6 Å². The van der Waals surface area contributed by atoms with Gasteiger partial charge in [0.2, 0.25) is 5.91 Å². The molecule has 0 spiro atoms. The molecule has 158 valence electrons. The first-order chi connectivity index (χ1) is 14.1. The number of furan rings is 1. The normalized spacial score (nSPS) is 12.8. The Balaban J connectivity index is 1.69. The Kier molecular flexibility index (Phi) is 9.78.